The monoisotopic (exact) mass is 267 g/mol. The molecule has 1 N–H and O–H groups in total. The quantitative estimate of drug-likeness (QED) is 0.787. The third-order valence-corrected chi connectivity index (χ3v) is 3.00. The highest BCUT2D eigenvalue weighted by Crippen LogP contribution is 2.27. The molecular formula is C16H13NO3. The number of furan rings is 1. The van der Waals surface area contributed by atoms with Gasteiger partial charge in [0.1, 0.15) is 11.3 Å². The summed E-state index contributed by atoms with van der Waals surface area (Å²) in [4.78, 5) is 12.0. The summed E-state index contributed by atoms with van der Waals surface area (Å²) in [6.45, 7) is 0. The predicted molar refractivity (Wildman–Crippen MR) is 77.2 cm³/mol. The summed E-state index contributed by atoms with van der Waals surface area (Å²) in [7, 11) is 1.61. The topological polar surface area (TPSA) is 51.5 Å². The Morgan fingerprint density at radius 1 is 1.10 bits per heavy atom. The molecule has 3 rings (SSSR count). The van der Waals surface area contributed by atoms with Gasteiger partial charge in [-0.05, 0) is 30.3 Å². The van der Waals surface area contributed by atoms with Crippen LogP contribution in [-0.4, -0.2) is 13.0 Å². The van der Waals surface area contributed by atoms with E-state index in [-0.39, 0.29) is 5.91 Å². The number of hydrogen-bond acceptors (Lipinski definition) is 3. The number of carbonyl (C=O) groups is 1. The summed E-state index contributed by atoms with van der Waals surface area (Å²) in [5.41, 5.74) is 1.29. The van der Waals surface area contributed by atoms with Gasteiger partial charge in [0.2, 0.25) is 5.88 Å². The zero-order valence-electron chi connectivity index (χ0n) is 10.9. The van der Waals surface area contributed by atoms with Gasteiger partial charge in [0.25, 0.3) is 5.91 Å². The number of carbonyl (C=O) groups excluding carboxylic acids is 1. The van der Waals surface area contributed by atoms with Crippen molar-refractivity contribution in [2.75, 3.05) is 12.4 Å². The van der Waals surface area contributed by atoms with E-state index in [1.165, 1.54) is 0 Å². The fourth-order valence-corrected chi connectivity index (χ4v) is 1.98. The van der Waals surface area contributed by atoms with E-state index in [4.69, 9.17) is 9.15 Å². The predicted octanol–water partition coefficient (Wildman–Crippen LogP) is 3.69. The van der Waals surface area contributed by atoms with Crippen LogP contribution >= 0.6 is 0 Å². The smallest absolute Gasteiger partial charge is 0.257 e. The van der Waals surface area contributed by atoms with Gasteiger partial charge in [-0.15, -0.1) is 0 Å². The Labute approximate surface area is 116 Å². The molecule has 20 heavy (non-hydrogen) atoms. The molecule has 0 spiro atoms. The molecule has 3 aromatic rings. The molecule has 0 fully saturated rings. The first-order chi connectivity index (χ1) is 9.76. The molecular weight excluding hydrogens is 254 g/mol. The van der Waals surface area contributed by atoms with Crippen LogP contribution in [0.3, 0.4) is 0 Å². The number of anilines is 1. The lowest BCUT2D eigenvalue weighted by atomic mass is 10.2. The van der Waals surface area contributed by atoms with Crippen molar-refractivity contribution in [3.8, 4) is 5.75 Å². The van der Waals surface area contributed by atoms with Crippen LogP contribution in [0.5, 0.6) is 5.75 Å². The van der Waals surface area contributed by atoms with Crippen LogP contribution in [0.1, 0.15) is 10.4 Å². The Morgan fingerprint density at radius 2 is 1.90 bits per heavy atom. The molecule has 2 aromatic carbocycles. The van der Waals surface area contributed by atoms with Crippen molar-refractivity contribution in [2.45, 2.75) is 0 Å². The summed E-state index contributed by atoms with van der Waals surface area (Å²) in [6, 6.07) is 16.3. The number of ether oxygens (including phenoxy) is 1. The minimum atomic E-state index is -0.198. The minimum Gasteiger partial charge on any atom is -0.497 e. The molecule has 0 aliphatic carbocycles. The Kier molecular flexibility index (Phi) is 3.13. The van der Waals surface area contributed by atoms with E-state index in [0.29, 0.717) is 17.0 Å². The fraction of sp³-hybridized carbons (Fsp3) is 0.0625. The van der Waals surface area contributed by atoms with E-state index >= 15 is 0 Å². The maximum atomic E-state index is 12.0. The molecule has 0 saturated carbocycles. The third-order valence-electron chi connectivity index (χ3n) is 3.00. The number of fused-ring (bicyclic) bond motifs is 1. The van der Waals surface area contributed by atoms with Crippen LogP contribution in [0.4, 0.5) is 5.88 Å². The molecule has 1 aromatic heterocycles. The van der Waals surface area contributed by atoms with Gasteiger partial charge < -0.3 is 9.15 Å². The van der Waals surface area contributed by atoms with Gasteiger partial charge in [-0.1, -0.05) is 18.2 Å². The van der Waals surface area contributed by atoms with E-state index in [1.54, 1.807) is 25.3 Å². The number of methoxy groups -OCH3 is 1. The Morgan fingerprint density at radius 3 is 2.65 bits per heavy atom. The van der Waals surface area contributed by atoms with Crippen molar-refractivity contribution >= 4 is 22.8 Å². The molecule has 0 aliphatic rings. The lowest BCUT2D eigenvalue weighted by molar-refractivity contribution is 0.102. The van der Waals surface area contributed by atoms with Crippen LogP contribution in [0.25, 0.3) is 11.0 Å². The zero-order valence-corrected chi connectivity index (χ0v) is 10.9. The molecule has 4 nitrogen and oxygen atoms in total. The number of amides is 1. The molecule has 0 unspecified atom stereocenters. The molecule has 0 radical (unpaired) electrons. The highest BCUT2D eigenvalue weighted by molar-refractivity contribution is 6.04. The van der Waals surface area contributed by atoms with E-state index in [9.17, 15) is 4.79 Å². The maximum Gasteiger partial charge on any atom is 0.257 e. The highest BCUT2D eigenvalue weighted by Gasteiger charge is 2.09. The number of benzene rings is 2. The Balaban J connectivity index is 1.86. The van der Waals surface area contributed by atoms with E-state index in [2.05, 4.69) is 5.32 Å². The van der Waals surface area contributed by atoms with Crippen molar-refractivity contribution in [2.24, 2.45) is 0 Å². The first-order valence-electron chi connectivity index (χ1n) is 6.20. The second-order valence-electron chi connectivity index (χ2n) is 4.33. The van der Waals surface area contributed by atoms with Crippen molar-refractivity contribution < 1.29 is 13.9 Å². The largest absolute Gasteiger partial charge is 0.497 e. The van der Waals surface area contributed by atoms with Gasteiger partial charge in [0.05, 0.1) is 7.11 Å². The van der Waals surface area contributed by atoms with Gasteiger partial charge in [0, 0.05) is 17.0 Å². The summed E-state index contributed by atoms with van der Waals surface area (Å²) < 4.78 is 10.7. The number of hydrogen-bond donors (Lipinski definition) is 1. The highest BCUT2D eigenvalue weighted by atomic mass is 16.5. The second kappa shape index (κ2) is 5.09. The van der Waals surface area contributed by atoms with Gasteiger partial charge >= 0.3 is 0 Å². The molecule has 0 bridgehead atoms. The average molecular weight is 267 g/mol. The maximum absolute atomic E-state index is 12.0. The van der Waals surface area contributed by atoms with Crippen molar-refractivity contribution in [3.05, 3.63) is 60.2 Å². The van der Waals surface area contributed by atoms with Gasteiger partial charge in [0.15, 0.2) is 0 Å². The molecule has 1 heterocycles. The van der Waals surface area contributed by atoms with Crippen LogP contribution in [0.2, 0.25) is 0 Å². The average Bonchev–Trinajstić information content (AvgIpc) is 2.89. The lowest BCUT2D eigenvalue weighted by Gasteiger charge is -2.00. The fourth-order valence-electron chi connectivity index (χ4n) is 1.98. The Bertz CT molecular complexity index is 747. The molecule has 0 atom stereocenters. The molecule has 0 aliphatic heterocycles. The van der Waals surface area contributed by atoms with Crippen molar-refractivity contribution in [3.63, 3.8) is 0 Å². The zero-order chi connectivity index (χ0) is 13.9. The van der Waals surface area contributed by atoms with Gasteiger partial charge in [-0.3, -0.25) is 10.1 Å². The van der Waals surface area contributed by atoms with Crippen LogP contribution < -0.4 is 10.1 Å². The van der Waals surface area contributed by atoms with Crippen LogP contribution in [-0.2, 0) is 0 Å². The summed E-state index contributed by atoms with van der Waals surface area (Å²) >= 11 is 0. The van der Waals surface area contributed by atoms with E-state index in [0.717, 1.165) is 11.1 Å². The molecule has 1 amide bonds. The van der Waals surface area contributed by atoms with Crippen molar-refractivity contribution in [1.82, 2.24) is 0 Å². The van der Waals surface area contributed by atoms with E-state index < -0.39 is 0 Å². The van der Waals surface area contributed by atoms with Gasteiger partial charge in [-0.2, -0.15) is 0 Å². The second-order valence-corrected chi connectivity index (χ2v) is 4.33. The molecule has 4 heteroatoms. The van der Waals surface area contributed by atoms with E-state index in [1.807, 2.05) is 36.4 Å². The SMILES string of the molecule is COc1ccc2oc(NC(=O)c3ccccc3)cc2c1. The van der Waals surface area contributed by atoms with Crippen LogP contribution in [0.15, 0.2) is 59.0 Å². The number of rotatable bonds is 3. The first-order valence-corrected chi connectivity index (χ1v) is 6.20. The van der Waals surface area contributed by atoms with Crippen molar-refractivity contribution in [1.29, 1.82) is 0 Å². The third kappa shape index (κ3) is 2.36. The molecule has 100 valence electrons. The standard InChI is InChI=1S/C16H13NO3/c1-19-13-7-8-14-12(9-13)10-15(20-14)17-16(18)11-5-3-2-4-6-11/h2-10H,1H3,(H,17,18). The van der Waals surface area contributed by atoms with Gasteiger partial charge in [-0.25, -0.2) is 0 Å². The lowest BCUT2D eigenvalue weighted by Crippen LogP contribution is -2.10. The number of nitrogens with one attached hydrogen (secondary N) is 1. The summed E-state index contributed by atoms with van der Waals surface area (Å²) in [5, 5.41) is 3.62. The summed E-state index contributed by atoms with van der Waals surface area (Å²) in [6.07, 6.45) is 0. The normalized spacial score (nSPS) is 10.4. The molecule has 0 saturated heterocycles. The Hall–Kier alpha value is -2.75. The van der Waals surface area contributed by atoms with Crippen LogP contribution in [0, 0.1) is 0 Å². The minimum absolute atomic E-state index is 0.198. The first kappa shape index (κ1) is 12.3. The summed E-state index contributed by atoms with van der Waals surface area (Å²) in [5.74, 6) is 0.970.